The summed E-state index contributed by atoms with van der Waals surface area (Å²) in [6.45, 7) is 8.67. The summed E-state index contributed by atoms with van der Waals surface area (Å²) in [4.78, 5) is 11.4. The van der Waals surface area contributed by atoms with E-state index in [0.29, 0.717) is 16.7 Å². The van der Waals surface area contributed by atoms with Gasteiger partial charge in [0.1, 0.15) is 6.10 Å². The van der Waals surface area contributed by atoms with Crippen molar-refractivity contribution in [3.05, 3.63) is 11.6 Å². The summed E-state index contributed by atoms with van der Waals surface area (Å²) in [5.74, 6) is 8.45. The molecule has 4 aliphatic rings. The second kappa shape index (κ2) is 6.63. The maximum atomic E-state index is 11.4. The molecule has 0 bridgehead atoms. The molecule has 0 aliphatic heterocycles. The molecule has 27 heavy (non-hydrogen) atoms. The zero-order valence-corrected chi connectivity index (χ0v) is 17.5. The van der Waals surface area contributed by atoms with Crippen molar-refractivity contribution in [3.8, 4) is 0 Å². The van der Waals surface area contributed by atoms with E-state index in [2.05, 4.69) is 31.9 Å². The Morgan fingerprint density at radius 3 is 2.63 bits per heavy atom. The van der Waals surface area contributed by atoms with Crippen LogP contribution < -0.4 is 5.84 Å². The molecule has 0 aromatic heterocycles. The van der Waals surface area contributed by atoms with Crippen LogP contribution in [0.3, 0.4) is 0 Å². The number of nitrogens with zero attached hydrogens (tertiary/aromatic N) is 1. The molecule has 0 aromatic carbocycles. The fourth-order valence-corrected chi connectivity index (χ4v) is 7.74. The van der Waals surface area contributed by atoms with E-state index in [4.69, 9.17) is 10.6 Å². The molecule has 4 heteroatoms. The third kappa shape index (κ3) is 2.86. The number of ether oxygens (including phenoxy) is 1. The summed E-state index contributed by atoms with van der Waals surface area (Å²) in [7, 11) is 0. The van der Waals surface area contributed by atoms with Crippen molar-refractivity contribution in [3.63, 3.8) is 0 Å². The Bertz CT molecular complexity index is 684. The van der Waals surface area contributed by atoms with Gasteiger partial charge in [-0.15, -0.1) is 0 Å². The SMILES string of the molecule is CC(=O)O[C@H]1CC[C@@]2(C)C(=CC[C@H]3[C@@H]4CC[C@H](C(C)=NN)[C@@]4(C)CC[C@@H]32)C1. The molecule has 0 amide bonds. The number of nitrogens with two attached hydrogens (primary N) is 1. The van der Waals surface area contributed by atoms with Gasteiger partial charge in [0.2, 0.25) is 0 Å². The lowest BCUT2D eigenvalue weighted by atomic mass is 9.47. The predicted octanol–water partition coefficient (Wildman–Crippen LogP) is 4.83. The van der Waals surface area contributed by atoms with Crippen molar-refractivity contribution >= 4 is 11.7 Å². The summed E-state index contributed by atoms with van der Waals surface area (Å²) in [6, 6.07) is 0. The first-order valence-corrected chi connectivity index (χ1v) is 10.9. The second-order valence-corrected chi connectivity index (χ2v) is 10.2. The molecular weight excluding hydrogens is 336 g/mol. The van der Waals surface area contributed by atoms with E-state index in [9.17, 15) is 4.79 Å². The summed E-state index contributed by atoms with van der Waals surface area (Å²) in [5.41, 5.74) is 3.39. The first-order chi connectivity index (χ1) is 12.8. The van der Waals surface area contributed by atoms with E-state index in [-0.39, 0.29) is 12.1 Å². The van der Waals surface area contributed by atoms with Crippen LogP contribution in [-0.4, -0.2) is 17.8 Å². The van der Waals surface area contributed by atoms with Gasteiger partial charge in [0.15, 0.2) is 0 Å². The number of hydrogen-bond donors (Lipinski definition) is 1. The normalized spacial score (nSPS) is 46.7. The summed E-state index contributed by atoms with van der Waals surface area (Å²) >= 11 is 0. The van der Waals surface area contributed by atoms with Crippen LogP contribution in [0.4, 0.5) is 0 Å². The Hall–Kier alpha value is -1.32. The van der Waals surface area contributed by atoms with E-state index in [0.717, 1.165) is 42.7 Å². The molecule has 0 unspecified atom stereocenters. The third-order valence-corrected chi connectivity index (χ3v) is 9.10. The third-order valence-electron chi connectivity index (χ3n) is 9.10. The molecule has 4 nitrogen and oxygen atoms in total. The Morgan fingerprint density at radius 1 is 1.15 bits per heavy atom. The average molecular weight is 373 g/mol. The highest BCUT2D eigenvalue weighted by Gasteiger charge is 2.59. The lowest BCUT2D eigenvalue weighted by molar-refractivity contribution is -0.148. The Labute approximate surface area is 164 Å². The molecule has 0 radical (unpaired) electrons. The molecule has 0 saturated heterocycles. The van der Waals surface area contributed by atoms with Crippen molar-refractivity contribution in [2.24, 2.45) is 45.4 Å². The number of hydrazone groups is 1. The molecule has 150 valence electrons. The van der Waals surface area contributed by atoms with Crippen molar-refractivity contribution in [1.29, 1.82) is 0 Å². The van der Waals surface area contributed by atoms with Gasteiger partial charge < -0.3 is 10.6 Å². The fourth-order valence-electron chi connectivity index (χ4n) is 7.74. The maximum Gasteiger partial charge on any atom is 0.302 e. The van der Waals surface area contributed by atoms with E-state index in [1.807, 2.05) is 0 Å². The topological polar surface area (TPSA) is 64.7 Å². The maximum absolute atomic E-state index is 11.4. The lowest BCUT2D eigenvalue weighted by Gasteiger charge is -2.58. The van der Waals surface area contributed by atoms with Gasteiger partial charge in [-0.1, -0.05) is 25.5 Å². The summed E-state index contributed by atoms with van der Waals surface area (Å²) in [5, 5.41) is 4.09. The van der Waals surface area contributed by atoms with Crippen LogP contribution in [0.1, 0.15) is 79.1 Å². The van der Waals surface area contributed by atoms with Crippen LogP contribution in [0.25, 0.3) is 0 Å². The number of rotatable bonds is 2. The van der Waals surface area contributed by atoms with Gasteiger partial charge in [-0.05, 0) is 80.5 Å². The van der Waals surface area contributed by atoms with Crippen LogP contribution in [0.5, 0.6) is 0 Å². The molecule has 3 fully saturated rings. The quantitative estimate of drug-likeness (QED) is 0.248. The van der Waals surface area contributed by atoms with Gasteiger partial charge in [-0.2, -0.15) is 5.10 Å². The number of carbonyl (C=O) groups is 1. The molecule has 3 saturated carbocycles. The molecule has 4 aliphatic carbocycles. The van der Waals surface area contributed by atoms with Crippen molar-refractivity contribution in [2.75, 3.05) is 0 Å². The van der Waals surface area contributed by atoms with E-state index in [1.54, 1.807) is 5.57 Å². The minimum absolute atomic E-state index is 0.0894. The predicted molar refractivity (Wildman–Crippen MR) is 108 cm³/mol. The zero-order chi connectivity index (χ0) is 19.4. The number of carbonyl (C=O) groups excluding carboxylic acids is 1. The Morgan fingerprint density at radius 2 is 1.93 bits per heavy atom. The lowest BCUT2D eigenvalue weighted by Crippen LogP contribution is -2.51. The van der Waals surface area contributed by atoms with Crippen molar-refractivity contribution < 1.29 is 9.53 Å². The molecule has 4 rings (SSSR count). The van der Waals surface area contributed by atoms with Gasteiger partial charge in [-0.3, -0.25) is 4.79 Å². The molecule has 0 aromatic rings. The van der Waals surface area contributed by atoms with Crippen LogP contribution in [-0.2, 0) is 9.53 Å². The monoisotopic (exact) mass is 372 g/mol. The van der Waals surface area contributed by atoms with Crippen LogP contribution in [0, 0.1) is 34.5 Å². The van der Waals surface area contributed by atoms with Crippen LogP contribution in [0.15, 0.2) is 16.8 Å². The highest BCUT2D eigenvalue weighted by atomic mass is 16.5. The molecule has 7 atom stereocenters. The number of fused-ring (bicyclic) bond motifs is 5. The van der Waals surface area contributed by atoms with Gasteiger partial charge in [0.25, 0.3) is 0 Å². The van der Waals surface area contributed by atoms with Crippen molar-refractivity contribution in [2.45, 2.75) is 85.2 Å². The Balaban J connectivity index is 1.58. The van der Waals surface area contributed by atoms with Gasteiger partial charge in [0.05, 0.1) is 0 Å². The number of hydrogen-bond acceptors (Lipinski definition) is 4. The van der Waals surface area contributed by atoms with Crippen LogP contribution >= 0.6 is 0 Å². The summed E-state index contributed by atoms with van der Waals surface area (Å²) < 4.78 is 5.55. The smallest absolute Gasteiger partial charge is 0.302 e. The van der Waals surface area contributed by atoms with Gasteiger partial charge >= 0.3 is 5.97 Å². The van der Waals surface area contributed by atoms with E-state index >= 15 is 0 Å². The fraction of sp³-hybridized carbons (Fsp3) is 0.826. The first-order valence-electron chi connectivity index (χ1n) is 10.9. The van der Waals surface area contributed by atoms with E-state index < -0.39 is 0 Å². The highest BCUT2D eigenvalue weighted by molar-refractivity contribution is 5.85. The molecular formula is C23H36N2O2. The molecule has 0 spiro atoms. The standard InChI is InChI=1S/C23H36N2O2/c1-14(25-24)19-7-8-20-18-6-5-16-13-17(27-15(2)26)9-11-22(16,3)21(18)10-12-23(19,20)4/h5,17-21H,6-13,24H2,1-4H3/t17-,18-,19+,20-,21-,22-,23+/m0/s1. The van der Waals surface area contributed by atoms with Crippen molar-refractivity contribution in [1.82, 2.24) is 0 Å². The average Bonchev–Trinajstić information content (AvgIpc) is 2.98. The number of esters is 1. The Kier molecular flexibility index (Phi) is 4.67. The van der Waals surface area contributed by atoms with E-state index in [1.165, 1.54) is 39.0 Å². The molecule has 0 heterocycles. The van der Waals surface area contributed by atoms with Gasteiger partial charge in [-0.25, -0.2) is 0 Å². The minimum atomic E-state index is -0.139. The van der Waals surface area contributed by atoms with Gasteiger partial charge in [0, 0.05) is 25.0 Å². The number of allylic oxidation sites excluding steroid dienone is 1. The first kappa shape index (κ1) is 19.0. The zero-order valence-electron chi connectivity index (χ0n) is 17.5. The van der Waals surface area contributed by atoms with Crippen LogP contribution in [0.2, 0.25) is 0 Å². The largest absolute Gasteiger partial charge is 0.462 e. The second-order valence-electron chi connectivity index (χ2n) is 10.2. The summed E-state index contributed by atoms with van der Waals surface area (Å²) in [6.07, 6.45) is 12.1. The minimum Gasteiger partial charge on any atom is -0.462 e. The highest BCUT2D eigenvalue weighted by Crippen LogP contribution is 2.66. The molecule has 2 N–H and O–H groups in total.